The van der Waals surface area contributed by atoms with Crippen molar-refractivity contribution in [1.82, 2.24) is 14.7 Å². The Bertz CT molecular complexity index is 1850. The highest BCUT2D eigenvalue weighted by Gasteiger charge is 2.38. The molecular formula is C35H37Cl2FN5O7+. The number of carboxylic acids is 1. The number of aromatic nitrogens is 3. The third kappa shape index (κ3) is 7.44. The highest BCUT2D eigenvalue weighted by atomic mass is 35.5. The van der Waals surface area contributed by atoms with Gasteiger partial charge in [-0.2, -0.15) is 5.10 Å². The molecule has 3 aliphatic rings. The molecule has 3 aliphatic heterocycles. The fraction of sp³-hybridized carbons (Fsp3) is 0.371. The van der Waals surface area contributed by atoms with Gasteiger partial charge in [-0.1, -0.05) is 41.4 Å². The van der Waals surface area contributed by atoms with E-state index >= 15 is 4.39 Å². The first-order valence-corrected chi connectivity index (χ1v) is 16.8. The number of methoxy groups -OCH3 is 2. The smallest absolute Gasteiger partial charge is 0.415 e. The van der Waals surface area contributed by atoms with E-state index in [4.69, 9.17) is 37.4 Å². The SMILES string of the molecule is COc1ccc([C@H](Cc2c(Cl)c[n+](O)cc2Cl)C(C(=O)O)n2cc(CN(C(=O)O[C@H]3CN4CCC3CC4)c3ccccc3F)cn2)cc1OC. The van der Waals surface area contributed by atoms with Crippen LogP contribution in [0.5, 0.6) is 11.5 Å². The van der Waals surface area contributed by atoms with Gasteiger partial charge in [0, 0.05) is 34.5 Å². The van der Waals surface area contributed by atoms with Gasteiger partial charge < -0.3 is 19.3 Å². The Morgan fingerprint density at radius 3 is 2.40 bits per heavy atom. The zero-order valence-corrected chi connectivity index (χ0v) is 28.9. The van der Waals surface area contributed by atoms with E-state index in [-0.39, 0.29) is 40.7 Å². The van der Waals surface area contributed by atoms with Gasteiger partial charge >= 0.3 is 12.1 Å². The Hall–Kier alpha value is -4.59. The number of benzene rings is 2. The molecule has 0 radical (unpaired) electrons. The molecule has 2 aromatic heterocycles. The Morgan fingerprint density at radius 1 is 1.08 bits per heavy atom. The van der Waals surface area contributed by atoms with Crippen LogP contribution in [0.15, 0.2) is 67.3 Å². The standard InChI is InChI=1S/C35H36Cl2FN5O7/c1-48-30-8-7-23(13-31(30)49-2)24(14-25-26(36)18-41(47)19-27(25)37)33(34(44)45)43-17-21(15-39-43)16-42(29-6-4-3-5-28(29)38)35(46)50-32-20-40-11-9-22(32)10-12-40/h3-8,13,15,17-19,22,24,32-33H,9-12,14,16,20H2,1-2H3,(H-,44,45,47)/p+1/t24-,32-,33?/m0/s1. The molecule has 264 valence electrons. The molecule has 4 aromatic rings. The maximum atomic E-state index is 15.2. The van der Waals surface area contributed by atoms with Crippen LogP contribution in [0.1, 0.15) is 41.5 Å². The van der Waals surface area contributed by atoms with E-state index in [1.807, 2.05) is 0 Å². The van der Waals surface area contributed by atoms with Crippen molar-refractivity contribution in [2.24, 2.45) is 5.92 Å². The van der Waals surface area contributed by atoms with Crippen LogP contribution in [0.25, 0.3) is 0 Å². The Labute approximate surface area is 298 Å². The average Bonchev–Trinajstić information content (AvgIpc) is 3.56. The number of carboxylic acid groups (broad SMARTS) is 1. The number of nitrogens with zero attached hydrogens (tertiary/aromatic N) is 5. The van der Waals surface area contributed by atoms with Crippen molar-refractivity contribution in [3.8, 4) is 11.5 Å². The number of para-hydroxylation sites is 1. The Morgan fingerprint density at radius 2 is 1.78 bits per heavy atom. The Balaban J connectivity index is 1.35. The van der Waals surface area contributed by atoms with E-state index in [0.717, 1.165) is 30.7 Å². The second kappa shape index (κ2) is 15.1. The van der Waals surface area contributed by atoms with Crippen molar-refractivity contribution in [2.45, 2.75) is 43.9 Å². The largest absolute Gasteiger partial charge is 0.493 e. The zero-order valence-electron chi connectivity index (χ0n) is 27.4. The molecule has 15 heteroatoms. The summed E-state index contributed by atoms with van der Waals surface area (Å²) in [6.45, 7) is 2.42. The number of amides is 1. The molecular weight excluding hydrogens is 692 g/mol. The third-order valence-corrected chi connectivity index (χ3v) is 10.1. The fourth-order valence-electron chi connectivity index (χ4n) is 6.87. The van der Waals surface area contributed by atoms with E-state index < -0.39 is 29.8 Å². The van der Waals surface area contributed by atoms with Crippen LogP contribution >= 0.6 is 23.2 Å². The van der Waals surface area contributed by atoms with Gasteiger partial charge in [-0.25, -0.2) is 14.0 Å². The molecule has 2 aromatic carbocycles. The summed E-state index contributed by atoms with van der Waals surface area (Å²) in [5, 5.41) is 25.3. The van der Waals surface area contributed by atoms with Crippen molar-refractivity contribution in [1.29, 1.82) is 0 Å². The molecule has 0 saturated carbocycles. The van der Waals surface area contributed by atoms with Crippen LogP contribution in [0, 0.1) is 11.7 Å². The maximum absolute atomic E-state index is 15.2. The zero-order chi connectivity index (χ0) is 35.5. The number of halogens is 3. The van der Waals surface area contributed by atoms with Crippen molar-refractivity contribution < 1.29 is 43.2 Å². The highest BCUT2D eigenvalue weighted by molar-refractivity contribution is 6.35. The molecule has 5 heterocycles. The van der Waals surface area contributed by atoms with E-state index in [0.29, 0.717) is 34.7 Å². The van der Waals surface area contributed by atoms with Crippen LogP contribution in [0.2, 0.25) is 10.0 Å². The van der Waals surface area contributed by atoms with Crippen LogP contribution < -0.4 is 19.1 Å². The van der Waals surface area contributed by atoms with Crippen molar-refractivity contribution in [2.75, 3.05) is 38.8 Å². The van der Waals surface area contributed by atoms with Crippen LogP contribution in [-0.4, -0.2) is 77.0 Å². The summed E-state index contributed by atoms with van der Waals surface area (Å²) in [7, 11) is 2.96. The molecule has 2 bridgehead atoms. The Kier molecular flexibility index (Phi) is 10.7. The first-order valence-electron chi connectivity index (χ1n) is 16.1. The van der Waals surface area contributed by atoms with Gasteiger partial charge in [-0.05, 0) is 68.1 Å². The van der Waals surface area contributed by atoms with Gasteiger partial charge in [0.2, 0.25) is 12.4 Å². The number of carbonyl (C=O) groups is 2. The average molecular weight is 730 g/mol. The number of ether oxygens (including phenoxy) is 3. The minimum atomic E-state index is -1.32. The second-order valence-electron chi connectivity index (χ2n) is 12.4. The van der Waals surface area contributed by atoms with Gasteiger partial charge in [0.1, 0.15) is 22.0 Å². The lowest BCUT2D eigenvalue weighted by molar-refractivity contribution is -0.904. The van der Waals surface area contributed by atoms with Crippen LogP contribution in [0.4, 0.5) is 14.9 Å². The number of hydrogen-bond donors (Lipinski definition) is 2. The minimum absolute atomic E-state index is 0.0212. The summed E-state index contributed by atoms with van der Waals surface area (Å²) in [5.74, 6) is -1.60. The minimum Gasteiger partial charge on any atom is -0.493 e. The monoisotopic (exact) mass is 728 g/mol. The summed E-state index contributed by atoms with van der Waals surface area (Å²) >= 11 is 13.0. The number of anilines is 1. The summed E-state index contributed by atoms with van der Waals surface area (Å²) in [6.07, 6.45) is 6.33. The quantitative estimate of drug-likeness (QED) is 0.138. The topological polar surface area (TPSA) is 130 Å². The second-order valence-corrected chi connectivity index (χ2v) is 13.3. The number of piperidine rings is 3. The number of carbonyl (C=O) groups excluding carboxylic acids is 1. The number of aliphatic carboxylic acids is 1. The molecule has 0 aliphatic carbocycles. The number of fused-ring (bicyclic) bond motifs is 3. The molecule has 12 nitrogen and oxygen atoms in total. The van der Waals surface area contributed by atoms with Crippen molar-refractivity contribution in [3.05, 3.63) is 99.8 Å². The molecule has 7 rings (SSSR count). The van der Waals surface area contributed by atoms with E-state index in [1.165, 1.54) is 66.8 Å². The number of pyridine rings is 1. The van der Waals surface area contributed by atoms with Crippen molar-refractivity contribution >= 4 is 41.0 Å². The summed E-state index contributed by atoms with van der Waals surface area (Å²) in [5.41, 5.74) is 1.42. The highest BCUT2D eigenvalue weighted by Crippen LogP contribution is 2.40. The van der Waals surface area contributed by atoms with Gasteiger partial charge in [-0.15, -0.1) is 0 Å². The van der Waals surface area contributed by atoms with Gasteiger partial charge in [-0.3, -0.25) is 19.7 Å². The lowest BCUT2D eigenvalue weighted by Crippen LogP contribution is -2.53. The predicted molar refractivity (Wildman–Crippen MR) is 181 cm³/mol. The third-order valence-electron chi connectivity index (χ3n) is 9.45. The summed E-state index contributed by atoms with van der Waals surface area (Å²) < 4.78 is 34.1. The first-order chi connectivity index (χ1) is 24.1. The van der Waals surface area contributed by atoms with Crippen molar-refractivity contribution in [3.63, 3.8) is 0 Å². The number of hydrogen-bond acceptors (Lipinski definition) is 8. The van der Waals surface area contributed by atoms with Gasteiger partial charge in [0.05, 0.1) is 32.6 Å². The normalized spacial score (nSPS) is 19.4. The van der Waals surface area contributed by atoms with E-state index in [1.54, 1.807) is 24.3 Å². The van der Waals surface area contributed by atoms with E-state index in [9.17, 15) is 19.9 Å². The molecule has 3 saturated heterocycles. The van der Waals surface area contributed by atoms with E-state index in [2.05, 4.69) is 10.00 Å². The summed E-state index contributed by atoms with van der Waals surface area (Å²) in [4.78, 5) is 30.3. The molecule has 1 unspecified atom stereocenters. The van der Waals surface area contributed by atoms with Gasteiger partial charge in [0.15, 0.2) is 17.5 Å². The molecule has 3 fully saturated rings. The number of rotatable bonds is 12. The lowest BCUT2D eigenvalue weighted by atomic mass is 9.85. The first kappa shape index (κ1) is 35.2. The fourth-order valence-corrected chi connectivity index (χ4v) is 7.48. The molecule has 3 atom stereocenters. The molecule has 1 amide bonds. The molecule has 2 N–H and O–H groups in total. The van der Waals surface area contributed by atoms with Crippen LogP contribution in [-0.2, 0) is 22.5 Å². The van der Waals surface area contributed by atoms with Gasteiger partial charge in [0.25, 0.3) is 0 Å². The summed E-state index contributed by atoms with van der Waals surface area (Å²) in [6, 6.07) is 9.65. The van der Waals surface area contributed by atoms with Crippen LogP contribution in [0.3, 0.4) is 0 Å². The maximum Gasteiger partial charge on any atom is 0.415 e. The molecule has 50 heavy (non-hydrogen) atoms. The predicted octanol–water partition coefficient (Wildman–Crippen LogP) is 5.76. The molecule has 0 spiro atoms. The lowest BCUT2D eigenvalue weighted by Gasteiger charge is -2.44.